The first-order chi connectivity index (χ1) is 14.5. The van der Waals surface area contributed by atoms with Crippen LogP contribution in [0.25, 0.3) is 10.2 Å². The zero-order chi connectivity index (χ0) is 21.3. The molecule has 2 aromatic rings. The summed E-state index contributed by atoms with van der Waals surface area (Å²) in [6, 6.07) is 1.26. The maximum absolute atomic E-state index is 13.1. The standard InChI is InChI=1S/C23H34N4O2S/c1-15-9-7-10-16(2)26(15)14-8-12-24-21(28)20-17(3)19-22(30-20)25-18-11-5-4-6-13-27(18)23(19)29/h15-16H,4-14H2,1-3H3,(H,24,28)/t15-,16-/m0/s1. The molecule has 0 unspecified atom stereocenters. The fourth-order valence-electron chi connectivity index (χ4n) is 5.09. The minimum atomic E-state index is -0.0742. The van der Waals surface area contributed by atoms with E-state index < -0.39 is 0 Å². The van der Waals surface area contributed by atoms with Crippen LogP contribution in [-0.2, 0) is 13.0 Å². The largest absolute Gasteiger partial charge is 0.351 e. The van der Waals surface area contributed by atoms with Crippen molar-refractivity contribution in [1.29, 1.82) is 0 Å². The second-order valence-electron chi connectivity index (χ2n) is 9.01. The van der Waals surface area contributed by atoms with E-state index in [0.29, 0.717) is 33.7 Å². The first kappa shape index (κ1) is 21.5. The summed E-state index contributed by atoms with van der Waals surface area (Å²) in [7, 11) is 0. The van der Waals surface area contributed by atoms with Gasteiger partial charge in [-0.3, -0.25) is 19.1 Å². The Morgan fingerprint density at radius 3 is 2.70 bits per heavy atom. The molecule has 2 aliphatic rings. The summed E-state index contributed by atoms with van der Waals surface area (Å²) in [5.74, 6) is 0.804. The second-order valence-corrected chi connectivity index (χ2v) is 10.0. The molecule has 0 saturated carbocycles. The highest BCUT2D eigenvalue weighted by atomic mass is 32.1. The Morgan fingerprint density at radius 1 is 1.17 bits per heavy atom. The number of fused-ring (bicyclic) bond motifs is 2. The van der Waals surface area contributed by atoms with E-state index in [1.165, 1.54) is 30.6 Å². The Hall–Kier alpha value is -1.73. The molecule has 7 heteroatoms. The van der Waals surface area contributed by atoms with Crippen LogP contribution in [-0.4, -0.2) is 45.5 Å². The van der Waals surface area contributed by atoms with Gasteiger partial charge >= 0.3 is 0 Å². The number of piperidine rings is 1. The van der Waals surface area contributed by atoms with Crippen molar-refractivity contribution >= 4 is 27.5 Å². The maximum Gasteiger partial charge on any atom is 0.262 e. The van der Waals surface area contributed by atoms with E-state index in [2.05, 4.69) is 24.1 Å². The third-order valence-electron chi connectivity index (χ3n) is 6.87. The number of nitrogens with one attached hydrogen (secondary N) is 1. The number of thiophene rings is 1. The minimum absolute atomic E-state index is 0.0257. The molecule has 2 atom stereocenters. The summed E-state index contributed by atoms with van der Waals surface area (Å²) in [5.41, 5.74) is 0.806. The van der Waals surface area contributed by atoms with Crippen molar-refractivity contribution in [1.82, 2.24) is 19.8 Å². The average Bonchev–Trinajstić information content (AvgIpc) is 2.88. The fraction of sp³-hybridized carbons (Fsp3) is 0.696. The van der Waals surface area contributed by atoms with Crippen molar-refractivity contribution in [3.63, 3.8) is 0 Å². The van der Waals surface area contributed by atoms with Gasteiger partial charge in [0.2, 0.25) is 0 Å². The topological polar surface area (TPSA) is 67.2 Å². The number of aromatic nitrogens is 2. The van der Waals surface area contributed by atoms with Crippen molar-refractivity contribution in [3.05, 3.63) is 26.6 Å². The van der Waals surface area contributed by atoms with Crippen molar-refractivity contribution in [2.75, 3.05) is 13.1 Å². The van der Waals surface area contributed by atoms with Crippen LogP contribution in [0.3, 0.4) is 0 Å². The Labute approximate surface area is 182 Å². The molecule has 0 radical (unpaired) electrons. The molecule has 1 fully saturated rings. The third kappa shape index (κ3) is 4.19. The van der Waals surface area contributed by atoms with Gasteiger partial charge in [-0.1, -0.05) is 12.8 Å². The van der Waals surface area contributed by atoms with E-state index in [-0.39, 0.29) is 11.5 Å². The van der Waals surface area contributed by atoms with Gasteiger partial charge in [0.1, 0.15) is 10.7 Å². The highest BCUT2D eigenvalue weighted by molar-refractivity contribution is 7.20. The van der Waals surface area contributed by atoms with Crippen LogP contribution in [0.15, 0.2) is 4.79 Å². The molecule has 1 saturated heterocycles. The molecule has 4 rings (SSSR count). The SMILES string of the molecule is Cc1c(C(=O)NCCCN2[C@@H](C)CCC[C@@H]2C)sc2nc3n(c(=O)c12)CCCCC3. The molecule has 2 aliphatic heterocycles. The molecule has 6 nitrogen and oxygen atoms in total. The van der Waals surface area contributed by atoms with Crippen molar-refractivity contribution in [3.8, 4) is 0 Å². The van der Waals surface area contributed by atoms with Crippen LogP contribution in [0.1, 0.15) is 79.9 Å². The lowest BCUT2D eigenvalue weighted by molar-refractivity contribution is 0.0928. The first-order valence-electron chi connectivity index (χ1n) is 11.5. The van der Waals surface area contributed by atoms with Gasteiger partial charge < -0.3 is 5.32 Å². The predicted molar refractivity (Wildman–Crippen MR) is 123 cm³/mol. The quantitative estimate of drug-likeness (QED) is 0.731. The van der Waals surface area contributed by atoms with Gasteiger partial charge in [-0.05, 0) is 58.4 Å². The summed E-state index contributed by atoms with van der Waals surface area (Å²) in [5, 5.41) is 3.71. The summed E-state index contributed by atoms with van der Waals surface area (Å²) in [6.45, 7) is 8.91. The smallest absolute Gasteiger partial charge is 0.262 e. The number of hydrogen-bond acceptors (Lipinski definition) is 5. The molecule has 4 heterocycles. The normalized spacial score (nSPS) is 22.6. The van der Waals surface area contributed by atoms with Crippen LogP contribution >= 0.6 is 11.3 Å². The number of carbonyl (C=O) groups is 1. The first-order valence-corrected chi connectivity index (χ1v) is 12.4. The van der Waals surface area contributed by atoms with Gasteiger partial charge in [0.25, 0.3) is 11.5 Å². The van der Waals surface area contributed by atoms with Gasteiger partial charge in [-0.2, -0.15) is 0 Å². The van der Waals surface area contributed by atoms with Gasteiger partial charge in [0.15, 0.2) is 0 Å². The molecule has 164 valence electrons. The van der Waals surface area contributed by atoms with E-state index in [0.717, 1.165) is 56.6 Å². The Balaban J connectivity index is 1.44. The van der Waals surface area contributed by atoms with Crippen molar-refractivity contribution in [2.24, 2.45) is 0 Å². The number of likely N-dealkylation sites (tertiary alicyclic amines) is 1. The van der Waals surface area contributed by atoms with E-state index >= 15 is 0 Å². The number of carbonyl (C=O) groups excluding carboxylic acids is 1. The van der Waals surface area contributed by atoms with E-state index in [4.69, 9.17) is 4.98 Å². The van der Waals surface area contributed by atoms with E-state index in [1.807, 2.05) is 11.5 Å². The number of aryl methyl sites for hydroxylation is 2. The average molecular weight is 431 g/mol. The van der Waals surface area contributed by atoms with E-state index in [1.54, 1.807) is 0 Å². The Kier molecular flexibility index (Phi) is 6.58. The van der Waals surface area contributed by atoms with Crippen LogP contribution < -0.4 is 10.9 Å². The third-order valence-corrected chi connectivity index (χ3v) is 8.06. The monoisotopic (exact) mass is 430 g/mol. The van der Waals surface area contributed by atoms with Crippen molar-refractivity contribution in [2.45, 2.75) is 90.8 Å². The van der Waals surface area contributed by atoms with E-state index in [9.17, 15) is 9.59 Å². The lowest BCUT2D eigenvalue weighted by Gasteiger charge is -2.39. The van der Waals surface area contributed by atoms with Gasteiger partial charge in [-0.25, -0.2) is 4.98 Å². The maximum atomic E-state index is 13.1. The zero-order valence-electron chi connectivity index (χ0n) is 18.5. The van der Waals surface area contributed by atoms with Crippen LogP contribution in [0.5, 0.6) is 0 Å². The van der Waals surface area contributed by atoms with Crippen LogP contribution in [0, 0.1) is 6.92 Å². The molecule has 0 aliphatic carbocycles. The summed E-state index contributed by atoms with van der Waals surface area (Å²) in [6.07, 6.45) is 8.87. The number of rotatable bonds is 5. The summed E-state index contributed by atoms with van der Waals surface area (Å²) in [4.78, 5) is 34.6. The molecule has 30 heavy (non-hydrogen) atoms. The molecule has 1 amide bonds. The lowest BCUT2D eigenvalue weighted by Crippen LogP contribution is -2.44. The highest BCUT2D eigenvalue weighted by Gasteiger charge is 2.25. The fourth-order valence-corrected chi connectivity index (χ4v) is 6.19. The summed E-state index contributed by atoms with van der Waals surface area (Å²) < 4.78 is 1.83. The van der Waals surface area contributed by atoms with Crippen molar-refractivity contribution < 1.29 is 4.79 Å². The van der Waals surface area contributed by atoms with Gasteiger partial charge in [0.05, 0.1) is 10.3 Å². The second kappa shape index (κ2) is 9.18. The number of amides is 1. The Morgan fingerprint density at radius 2 is 1.93 bits per heavy atom. The van der Waals surface area contributed by atoms with Crippen LogP contribution in [0.2, 0.25) is 0 Å². The van der Waals surface area contributed by atoms with Crippen LogP contribution in [0.4, 0.5) is 0 Å². The molecule has 0 bridgehead atoms. The predicted octanol–water partition coefficient (Wildman–Crippen LogP) is 3.88. The minimum Gasteiger partial charge on any atom is -0.351 e. The molecule has 0 spiro atoms. The number of hydrogen-bond donors (Lipinski definition) is 1. The van der Waals surface area contributed by atoms with Gasteiger partial charge in [0, 0.05) is 38.1 Å². The molecular formula is C23H34N4O2S. The Bertz CT molecular complexity index is 970. The molecule has 1 N–H and O–H groups in total. The van der Waals surface area contributed by atoms with Gasteiger partial charge in [-0.15, -0.1) is 11.3 Å². The number of nitrogens with zero attached hydrogens (tertiary/aromatic N) is 3. The highest BCUT2D eigenvalue weighted by Crippen LogP contribution is 2.28. The zero-order valence-corrected chi connectivity index (χ0v) is 19.3. The molecule has 2 aromatic heterocycles. The molecule has 0 aromatic carbocycles. The molecular weight excluding hydrogens is 396 g/mol. The lowest BCUT2D eigenvalue weighted by atomic mass is 9.97. The summed E-state index contributed by atoms with van der Waals surface area (Å²) >= 11 is 1.37.